The van der Waals surface area contributed by atoms with Gasteiger partial charge in [-0.1, -0.05) is 0 Å². The van der Waals surface area contributed by atoms with Crippen LogP contribution in [-0.4, -0.2) is 37.2 Å². The van der Waals surface area contributed by atoms with E-state index in [1.807, 2.05) is 0 Å². The maximum Gasteiger partial charge on any atom is 0.220 e. The summed E-state index contributed by atoms with van der Waals surface area (Å²) in [5.41, 5.74) is -0.404. The van der Waals surface area contributed by atoms with Crippen molar-refractivity contribution in [3.05, 3.63) is 35.6 Å². The number of ketones is 1. The molecule has 0 saturated carbocycles. The number of halogens is 1. The molecule has 22 heavy (non-hydrogen) atoms. The SMILES string of the molecule is C[C@]1(NC(=O)CCC(=O)c2ccc(F)cc2)CCS(=O)(=O)C1. The zero-order chi connectivity index (χ0) is 16.4. The number of carbonyl (C=O) groups excluding carboxylic acids is 2. The third-order valence-corrected chi connectivity index (χ3v) is 5.59. The van der Waals surface area contributed by atoms with Gasteiger partial charge in [-0.15, -0.1) is 0 Å². The monoisotopic (exact) mass is 327 g/mol. The molecule has 0 aliphatic carbocycles. The number of amides is 1. The van der Waals surface area contributed by atoms with Crippen molar-refractivity contribution in [1.29, 1.82) is 0 Å². The highest BCUT2D eigenvalue weighted by Gasteiger charge is 2.39. The fourth-order valence-corrected chi connectivity index (χ4v) is 4.61. The normalized spacial score (nSPS) is 23.2. The van der Waals surface area contributed by atoms with Crippen LogP contribution in [0.5, 0.6) is 0 Å². The van der Waals surface area contributed by atoms with Gasteiger partial charge < -0.3 is 5.32 Å². The first kappa shape index (κ1) is 16.6. The molecule has 1 aliphatic heterocycles. The molecule has 1 fully saturated rings. The lowest BCUT2D eigenvalue weighted by atomic mass is 10.0. The van der Waals surface area contributed by atoms with Crippen molar-refractivity contribution in [2.75, 3.05) is 11.5 Å². The van der Waals surface area contributed by atoms with Crippen molar-refractivity contribution in [2.24, 2.45) is 0 Å². The minimum absolute atomic E-state index is 0.000293. The smallest absolute Gasteiger partial charge is 0.220 e. The molecule has 1 aromatic rings. The van der Waals surface area contributed by atoms with Crippen LogP contribution < -0.4 is 5.32 Å². The first-order valence-electron chi connectivity index (χ1n) is 6.99. The molecule has 1 aliphatic rings. The van der Waals surface area contributed by atoms with E-state index >= 15 is 0 Å². The van der Waals surface area contributed by atoms with Crippen molar-refractivity contribution < 1.29 is 22.4 Å². The third-order valence-electron chi connectivity index (χ3n) is 3.69. The Hall–Kier alpha value is -1.76. The van der Waals surface area contributed by atoms with Gasteiger partial charge in [0.15, 0.2) is 15.6 Å². The van der Waals surface area contributed by atoms with Gasteiger partial charge >= 0.3 is 0 Å². The fraction of sp³-hybridized carbons (Fsp3) is 0.467. The van der Waals surface area contributed by atoms with Crippen LogP contribution in [0.15, 0.2) is 24.3 Å². The van der Waals surface area contributed by atoms with Gasteiger partial charge in [-0.3, -0.25) is 9.59 Å². The number of sulfone groups is 1. The quantitative estimate of drug-likeness (QED) is 0.831. The van der Waals surface area contributed by atoms with Gasteiger partial charge in [0.2, 0.25) is 5.91 Å². The van der Waals surface area contributed by atoms with E-state index in [1.54, 1.807) is 6.92 Å². The molecule has 1 saturated heterocycles. The summed E-state index contributed by atoms with van der Waals surface area (Å²) in [6.07, 6.45) is 0.360. The lowest BCUT2D eigenvalue weighted by Crippen LogP contribution is -2.46. The number of rotatable bonds is 5. The predicted molar refractivity (Wildman–Crippen MR) is 79.8 cm³/mol. The second-order valence-electron chi connectivity index (χ2n) is 5.88. The predicted octanol–water partition coefficient (Wildman–Crippen LogP) is 1.48. The fourth-order valence-electron chi connectivity index (χ4n) is 2.52. The molecule has 1 amide bonds. The Kier molecular flexibility index (Phi) is 4.65. The van der Waals surface area contributed by atoms with Crippen LogP contribution in [0.25, 0.3) is 0 Å². The summed E-state index contributed by atoms with van der Waals surface area (Å²) < 4.78 is 35.7. The summed E-state index contributed by atoms with van der Waals surface area (Å²) >= 11 is 0. The Labute approximate surface area is 128 Å². The summed E-state index contributed by atoms with van der Waals surface area (Å²) in [6, 6.07) is 5.14. The summed E-state index contributed by atoms with van der Waals surface area (Å²) in [6.45, 7) is 1.69. The minimum atomic E-state index is -3.10. The molecule has 0 bridgehead atoms. The average molecular weight is 327 g/mol. The lowest BCUT2D eigenvalue weighted by Gasteiger charge is -2.23. The molecule has 5 nitrogen and oxygen atoms in total. The topological polar surface area (TPSA) is 80.3 Å². The molecule has 0 aromatic heterocycles. The largest absolute Gasteiger partial charge is 0.350 e. The Morgan fingerprint density at radius 2 is 1.86 bits per heavy atom. The van der Waals surface area contributed by atoms with Crippen LogP contribution in [0.2, 0.25) is 0 Å². The van der Waals surface area contributed by atoms with Crippen molar-refractivity contribution >= 4 is 21.5 Å². The first-order valence-corrected chi connectivity index (χ1v) is 8.81. The molecule has 0 radical (unpaired) electrons. The molecule has 1 aromatic carbocycles. The lowest BCUT2D eigenvalue weighted by molar-refractivity contribution is -0.122. The van der Waals surface area contributed by atoms with E-state index in [1.165, 1.54) is 24.3 Å². The molecule has 0 unspecified atom stereocenters. The van der Waals surface area contributed by atoms with Crippen molar-refractivity contribution in [3.63, 3.8) is 0 Å². The highest BCUT2D eigenvalue weighted by Crippen LogP contribution is 2.23. The molecule has 120 valence electrons. The highest BCUT2D eigenvalue weighted by molar-refractivity contribution is 7.91. The van der Waals surface area contributed by atoms with E-state index < -0.39 is 21.2 Å². The van der Waals surface area contributed by atoms with E-state index in [0.717, 1.165) is 0 Å². The van der Waals surface area contributed by atoms with Crippen molar-refractivity contribution in [1.82, 2.24) is 5.32 Å². The van der Waals surface area contributed by atoms with Crippen LogP contribution in [0.1, 0.15) is 36.5 Å². The van der Waals surface area contributed by atoms with Gasteiger partial charge in [0.1, 0.15) is 5.82 Å². The summed E-state index contributed by atoms with van der Waals surface area (Å²) in [5.74, 6) is -1.03. The Bertz CT molecular complexity index is 684. The van der Waals surface area contributed by atoms with Crippen molar-refractivity contribution in [2.45, 2.75) is 31.7 Å². The first-order chi connectivity index (χ1) is 10.2. The van der Waals surface area contributed by atoms with Gasteiger partial charge in [-0.05, 0) is 37.6 Å². The summed E-state index contributed by atoms with van der Waals surface area (Å²) in [5, 5.41) is 2.70. The molecular weight excluding hydrogens is 309 g/mol. The van der Waals surface area contributed by atoms with E-state index in [0.29, 0.717) is 12.0 Å². The van der Waals surface area contributed by atoms with Gasteiger partial charge in [0.25, 0.3) is 0 Å². The van der Waals surface area contributed by atoms with Gasteiger partial charge in [0, 0.05) is 18.4 Å². The van der Waals surface area contributed by atoms with Gasteiger partial charge in [-0.2, -0.15) is 0 Å². The van der Waals surface area contributed by atoms with Crippen LogP contribution in [0, 0.1) is 5.82 Å². The standard InChI is InChI=1S/C15H18FNO4S/c1-15(8-9-22(20,21)10-15)17-14(19)7-6-13(18)11-2-4-12(16)5-3-11/h2-5H,6-10H2,1H3,(H,17,19)/t15-/m0/s1. The van der Waals surface area contributed by atoms with Crippen molar-refractivity contribution in [3.8, 4) is 0 Å². The van der Waals surface area contributed by atoms with E-state index in [2.05, 4.69) is 5.32 Å². The number of carbonyl (C=O) groups is 2. The molecule has 2 rings (SSSR count). The van der Waals surface area contributed by atoms with Crippen LogP contribution >= 0.6 is 0 Å². The minimum Gasteiger partial charge on any atom is -0.350 e. The molecular formula is C15H18FNO4S. The molecule has 7 heteroatoms. The molecule has 1 atom stereocenters. The molecule has 1 N–H and O–H groups in total. The van der Waals surface area contributed by atoms with E-state index in [9.17, 15) is 22.4 Å². The Morgan fingerprint density at radius 1 is 1.23 bits per heavy atom. The average Bonchev–Trinajstić information content (AvgIpc) is 2.70. The zero-order valence-corrected chi connectivity index (χ0v) is 13.1. The number of nitrogens with one attached hydrogen (secondary N) is 1. The maximum absolute atomic E-state index is 12.8. The summed E-state index contributed by atoms with van der Waals surface area (Å²) in [7, 11) is -3.10. The second kappa shape index (κ2) is 6.16. The van der Waals surface area contributed by atoms with Crippen LogP contribution in [-0.2, 0) is 14.6 Å². The zero-order valence-electron chi connectivity index (χ0n) is 12.3. The highest BCUT2D eigenvalue weighted by atomic mass is 32.2. The third kappa shape index (κ3) is 4.37. The van der Waals surface area contributed by atoms with Gasteiger partial charge in [0.05, 0.1) is 17.0 Å². The number of hydrogen-bond acceptors (Lipinski definition) is 4. The van der Waals surface area contributed by atoms with E-state index in [-0.39, 0.29) is 36.0 Å². The molecule has 0 spiro atoms. The maximum atomic E-state index is 12.8. The Balaban J connectivity index is 1.85. The van der Waals surface area contributed by atoms with Crippen LogP contribution in [0.4, 0.5) is 4.39 Å². The number of benzene rings is 1. The summed E-state index contributed by atoms with van der Waals surface area (Å²) in [4.78, 5) is 23.8. The van der Waals surface area contributed by atoms with Gasteiger partial charge in [-0.25, -0.2) is 12.8 Å². The number of hydrogen-bond donors (Lipinski definition) is 1. The number of Topliss-reactive ketones (excluding diaryl/α,β-unsaturated/α-hetero) is 1. The van der Waals surface area contributed by atoms with Crippen LogP contribution in [0.3, 0.4) is 0 Å². The molecule has 1 heterocycles. The Morgan fingerprint density at radius 3 is 2.41 bits per heavy atom. The second-order valence-corrected chi connectivity index (χ2v) is 8.07. The van der Waals surface area contributed by atoms with E-state index in [4.69, 9.17) is 0 Å².